The minimum atomic E-state index is -0.442. The average molecular weight is 367 g/mol. The van der Waals surface area contributed by atoms with Crippen molar-refractivity contribution >= 4 is 5.71 Å². The molecule has 1 aliphatic rings. The van der Waals surface area contributed by atoms with Crippen molar-refractivity contribution < 1.29 is 4.74 Å². The van der Waals surface area contributed by atoms with Crippen LogP contribution in [-0.4, -0.2) is 17.8 Å². The third kappa shape index (κ3) is 3.47. The van der Waals surface area contributed by atoms with E-state index < -0.39 is 6.04 Å². The quantitative estimate of drug-likeness (QED) is 0.629. The zero-order chi connectivity index (χ0) is 19.3. The number of ether oxygens (including phenoxy) is 1. The molecule has 0 N–H and O–H groups in total. The summed E-state index contributed by atoms with van der Waals surface area (Å²) in [4.78, 5) is 0. The highest BCUT2D eigenvalue weighted by molar-refractivity contribution is 6.02. The molecule has 0 spiro atoms. The molecule has 138 valence electrons. The van der Waals surface area contributed by atoms with Gasteiger partial charge in [0.05, 0.1) is 24.9 Å². The third-order valence-corrected chi connectivity index (χ3v) is 5.05. The summed E-state index contributed by atoms with van der Waals surface area (Å²) in [5.41, 5.74) is 4.14. The van der Waals surface area contributed by atoms with Crippen LogP contribution in [0.3, 0.4) is 0 Å². The summed E-state index contributed by atoms with van der Waals surface area (Å²) in [5.74, 6) is 0.818. The average Bonchev–Trinajstić information content (AvgIpc) is 3.21. The van der Waals surface area contributed by atoms with Crippen molar-refractivity contribution in [3.8, 4) is 11.8 Å². The Bertz CT molecular complexity index is 992. The minimum absolute atomic E-state index is 0.0168. The Morgan fingerprint density at radius 1 is 0.964 bits per heavy atom. The molecule has 0 bridgehead atoms. The van der Waals surface area contributed by atoms with E-state index in [9.17, 15) is 5.26 Å². The van der Waals surface area contributed by atoms with Gasteiger partial charge in [0.15, 0.2) is 6.04 Å². The van der Waals surface area contributed by atoms with Gasteiger partial charge >= 0.3 is 0 Å². The maximum absolute atomic E-state index is 9.95. The zero-order valence-electron chi connectivity index (χ0n) is 15.7. The van der Waals surface area contributed by atoms with Crippen LogP contribution in [0.25, 0.3) is 0 Å². The number of nitriles is 1. The SMILES string of the molecule is COc1ccc(C2=NN([C@H](C#N)c3ccccc3)[C@H](c3ccccc3)C2)cc1. The summed E-state index contributed by atoms with van der Waals surface area (Å²) in [6.07, 6.45) is 0.751. The molecule has 0 saturated heterocycles. The number of methoxy groups -OCH3 is 1. The topological polar surface area (TPSA) is 48.6 Å². The van der Waals surface area contributed by atoms with Crippen LogP contribution in [-0.2, 0) is 0 Å². The fraction of sp³-hybridized carbons (Fsp3) is 0.167. The van der Waals surface area contributed by atoms with Crippen molar-refractivity contribution in [3.05, 3.63) is 102 Å². The van der Waals surface area contributed by atoms with Gasteiger partial charge in [-0.3, -0.25) is 5.01 Å². The van der Waals surface area contributed by atoms with Gasteiger partial charge in [-0.15, -0.1) is 0 Å². The molecule has 4 heteroatoms. The number of hydrazone groups is 1. The highest BCUT2D eigenvalue weighted by atomic mass is 16.5. The molecule has 3 aromatic rings. The molecular formula is C24H21N3O. The van der Waals surface area contributed by atoms with Crippen LogP contribution >= 0.6 is 0 Å². The van der Waals surface area contributed by atoms with E-state index in [4.69, 9.17) is 9.84 Å². The Morgan fingerprint density at radius 3 is 2.21 bits per heavy atom. The first-order valence-electron chi connectivity index (χ1n) is 9.30. The lowest BCUT2D eigenvalue weighted by Crippen LogP contribution is -2.24. The van der Waals surface area contributed by atoms with Gasteiger partial charge in [-0.2, -0.15) is 10.4 Å². The van der Waals surface area contributed by atoms with Gasteiger partial charge in [0, 0.05) is 6.42 Å². The zero-order valence-corrected chi connectivity index (χ0v) is 15.7. The first-order valence-corrected chi connectivity index (χ1v) is 9.30. The fourth-order valence-corrected chi connectivity index (χ4v) is 3.59. The van der Waals surface area contributed by atoms with Gasteiger partial charge in [-0.1, -0.05) is 60.7 Å². The second kappa shape index (κ2) is 7.98. The van der Waals surface area contributed by atoms with E-state index in [1.807, 2.05) is 77.8 Å². The molecule has 3 aromatic carbocycles. The van der Waals surface area contributed by atoms with Crippen molar-refractivity contribution in [2.75, 3.05) is 7.11 Å². The van der Waals surface area contributed by atoms with Crippen LogP contribution in [0.4, 0.5) is 0 Å². The lowest BCUT2D eigenvalue weighted by atomic mass is 9.97. The maximum atomic E-state index is 9.95. The number of nitrogens with zero attached hydrogens (tertiary/aromatic N) is 3. The standard InChI is InChI=1S/C24H21N3O/c1-28-21-14-12-18(13-15-21)22-16-23(19-8-4-2-5-9-19)27(26-22)24(17-25)20-10-6-3-7-11-20/h2-15,23-24H,16H2,1H3/t23-,24+/m0/s1. The van der Waals surface area contributed by atoms with Crippen molar-refractivity contribution in [3.63, 3.8) is 0 Å². The lowest BCUT2D eigenvalue weighted by Gasteiger charge is -2.28. The molecule has 0 aliphatic carbocycles. The van der Waals surface area contributed by atoms with Crippen LogP contribution in [0.15, 0.2) is 90.0 Å². The number of rotatable bonds is 5. The van der Waals surface area contributed by atoms with E-state index in [0.29, 0.717) is 0 Å². The van der Waals surface area contributed by atoms with Crippen molar-refractivity contribution in [1.29, 1.82) is 5.26 Å². The Kier molecular flexibility index (Phi) is 5.07. The monoisotopic (exact) mass is 367 g/mol. The van der Waals surface area contributed by atoms with Crippen LogP contribution in [0.2, 0.25) is 0 Å². The van der Waals surface area contributed by atoms with Crippen LogP contribution < -0.4 is 4.74 Å². The highest BCUT2D eigenvalue weighted by Gasteiger charge is 2.34. The number of benzene rings is 3. The first-order chi connectivity index (χ1) is 13.8. The summed E-state index contributed by atoms with van der Waals surface area (Å²) in [6, 6.07) is 30.1. The molecule has 1 aliphatic heterocycles. The van der Waals surface area contributed by atoms with Crippen molar-refractivity contribution in [2.24, 2.45) is 5.10 Å². The predicted octanol–water partition coefficient (Wildman–Crippen LogP) is 5.11. The molecule has 0 amide bonds. The second-order valence-electron chi connectivity index (χ2n) is 6.73. The van der Waals surface area contributed by atoms with E-state index in [1.54, 1.807) is 7.11 Å². The highest BCUT2D eigenvalue weighted by Crippen LogP contribution is 2.38. The summed E-state index contributed by atoms with van der Waals surface area (Å²) >= 11 is 0. The molecule has 0 unspecified atom stereocenters. The second-order valence-corrected chi connectivity index (χ2v) is 6.73. The Hall–Kier alpha value is -3.58. The molecule has 0 aromatic heterocycles. The van der Waals surface area contributed by atoms with Crippen molar-refractivity contribution in [2.45, 2.75) is 18.5 Å². The predicted molar refractivity (Wildman–Crippen MR) is 110 cm³/mol. The lowest BCUT2D eigenvalue weighted by molar-refractivity contribution is 0.196. The molecule has 0 radical (unpaired) electrons. The summed E-state index contributed by atoms with van der Waals surface area (Å²) in [5, 5.41) is 16.8. The summed E-state index contributed by atoms with van der Waals surface area (Å²) in [6.45, 7) is 0. The van der Waals surface area contributed by atoms with Crippen LogP contribution in [0.1, 0.15) is 35.2 Å². The van der Waals surface area contributed by atoms with E-state index >= 15 is 0 Å². The molecule has 4 nitrogen and oxygen atoms in total. The Morgan fingerprint density at radius 2 is 1.61 bits per heavy atom. The molecule has 2 atom stereocenters. The van der Waals surface area contributed by atoms with Crippen LogP contribution in [0, 0.1) is 11.3 Å². The molecule has 28 heavy (non-hydrogen) atoms. The Balaban J connectivity index is 1.73. The number of hydrogen-bond donors (Lipinski definition) is 0. The van der Waals surface area contributed by atoms with Gasteiger partial charge in [0.2, 0.25) is 0 Å². The third-order valence-electron chi connectivity index (χ3n) is 5.05. The van der Waals surface area contributed by atoms with Crippen molar-refractivity contribution in [1.82, 2.24) is 5.01 Å². The number of hydrogen-bond acceptors (Lipinski definition) is 4. The minimum Gasteiger partial charge on any atom is -0.497 e. The summed E-state index contributed by atoms with van der Waals surface area (Å²) in [7, 11) is 1.66. The molecule has 0 saturated carbocycles. The van der Waals surface area contributed by atoms with Gasteiger partial charge in [-0.05, 0) is 41.0 Å². The van der Waals surface area contributed by atoms with E-state index in [-0.39, 0.29) is 6.04 Å². The molecule has 0 fully saturated rings. The fourth-order valence-electron chi connectivity index (χ4n) is 3.59. The Labute approximate surface area is 165 Å². The first kappa shape index (κ1) is 17.8. The molecule has 4 rings (SSSR count). The summed E-state index contributed by atoms with van der Waals surface area (Å²) < 4.78 is 5.26. The van der Waals surface area contributed by atoms with Gasteiger partial charge in [0.1, 0.15) is 5.75 Å². The van der Waals surface area contributed by atoms with Crippen LogP contribution in [0.5, 0.6) is 5.75 Å². The molecular weight excluding hydrogens is 346 g/mol. The molecule has 1 heterocycles. The van der Waals surface area contributed by atoms with E-state index in [2.05, 4.69) is 18.2 Å². The van der Waals surface area contributed by atoms with Gasteiger partial charge in [-0.25, -0.2) is 0 Å². The maximum Gasteiger partial charge on any atom is 0.159 e. The van der Waals surface area contributed by atoms with Gasteiger partial charge in [0.25, 0.3) is 0 Å². The van der Waals surface area contributed by atoms with E-state index in [0.717, 1.165) is 34.6 Å². The normalized spacial score (nSPS) is 16.9. The van der Waals surface area contributed by atoms with E-state index in [1.165, 1.54) is 0 Å². The largest absolute Gasteiger partial charge is 0.497 e. The van der Waals surface area contributed by atoms with Gasteiger partial charge < -0.3 is 4.74 Å². The smallest absolute Gasteiger partial charge is 0.159 e.